The van der Waals surface area contributed by atoms with E-state index in [1.807, 2.05) is 30.3 Å². The van der Waals surface area contributed by atoms with E-state index in [-0.39, 0.29) is 11.7 Å². The van der Waals surface area contributed by atoms with E-state index >= 15 is 0 Å². The summed E-state index contributed by atoms with van der Waals surface area (Å²) in [6, 6.07) is 15.5. The average molecular weight is 367 g/mol. The Morgan fingerprint density at radius 1 is 0.923 bits per heavy atom. The first-order chi connectivity index (χ1) is 12.4. The van der Waals surface area contributed by atoms with Crippen molar-refractivity contribution in [1.29, 1.82) is 0 Å². The van der Waals surface area contributed by atoms with E-state index in [2.05, 4.69) is 10.1 Å². The zero-order valence-electron chi connectivity index (χ0n) is 14.1. The second kappa shape index (κ2) is 9.70. The van der Waals surface area contributed by atoms with E-state index in [4.69, 9.17) is 4.74 Å². The molecule has 26 heavy (non-hydrogen) atoms. The summed E-state index contributed by atoms with van der Waals surface area (Å²) >= 11 is 0. The molecule has 0 aliphatic heterocycles. The maximum absolute atomic E-state index is 12.1. The van der Waals surface area contributed by atoms with Crippen LogP contribution in [0.1, 0.15) is 18.4 Å². The monoisotopic (exact) mass is 367 g/mol. The van der Waals surface area contributed by atoms with Crippen LogP contribution in [0, 0.1) is 0 Å². The Kier molecular flexibility index (Phi) is 7.32. The van der Waals surface area contributed by atoms with Crippen molar-refractivity contribution in [1.82, 2.24) is 5.32 Å². The Balaban J connectivity index is 1.62. The second-order valence-electron chi connectivity index (χ2n) is 5.59. The van der Waals surface area contributed by atoms with Gasteiger partial charge in [-0.05, 0) is 36.2 Å². The van der Waals surface area contributed by atoms with E-state index < -0.39 is 12.8 Å². The lowest BCUT2D eigenvalue weighted by Crippen LogP contribution is -2.23. The fourth-order valence-corrected chi connectivity index (χ4v) is 2.10. The van der Waals surface area contributed by atoms with Gasteiger partial charge in [-0.15, -0.1) is 0 Å². The first kappa shape index (κ1) is 19.6. The SMILES string of the molecule is O=C(CCCOc1ccccc1)NCc1ccc(OCC(F)(F)F)cc1. The molecule has 140 valence electrons. The molecule has 0 spiro atoms. The molecule has 0 aliphatic rings. The molecule has 2 aromatic rings. The van der Waals surface area contributed by atoms with Crippen LogP contribution in [0.15, 0.2) is 54.6 Å². The number of carbonyl (C=O) groups is 1. The highest BCUT2D eigenvalue weighted by Crippen LogP contribution is 2.18. The lowest BCUT2D eigenvalue weighted by Gasteiger charge is -2.10. The fourth-order valence-electron chi connectivity index (χ4n) is 2.10. The molecule has 0 saturated carbocycles. The smallest absolute Gasteiger partial charge is 0.422 e. The molecule has 0 bridgehead atoms. The van der Waals surface area contributed by atoms with Gasteiger partial charge in [-0.2, -0.15) is 13.2 Å². The van der Waals surface area contributed by atoms with Gasteiger partial charge < -0.3 is 14.8 Å². The van der Waals surface area contributed by atoms with Crippen molar-refractivity contribution in [3.8, 4) is 11.5 Å². The van der Waals surface area contributed by atoms with Gasteiger partial charge in [0.05, 0.1) is 6.61 Å². The van der Waals surface area contributed by atoms with Crippen molar-refractivity contribution in [3.63, 3.8) is 0 Å². The molecule has 2 rings (SSSR count). The molecule has 2 aromatic carbocycles. The molecule has 0 atom stereocenters. The summed E-state index contributed by atoms with van der Waals surface area (Å²) in [5.41, 5.74) is 0.776. The molecule has 4 nitrogen and oxygen atoms in total. The van der Waals surface area contributed by atoms with E-state index in [1.54, 1.807) is 12.1 Å². The Morgan fingerprint density at radius 2 is 1.58 bits per heavy atom. The van der Waals surface area contributed by atoms with Gasteiger partial charge in [0.1, 0.15) is 11.5 Å². The van der Waals surface area contributed by atoms with Crippen molar-refractivity contribution >= 4 is 5.91 Å². The molecule has 1 amide bonds. The summed E-state index contributed by atoms with van der Waals surface area (Å²) < 4.78 is 46.4. The molecule has 0 aliphatic carbocycles. The zero-order chi connectivity index (χ0) is 18.8. The van der Waals surface area contributed by atoms with Crippen LogP contribution in [0.2, 0.25) is 0 Å². The van der Waals surface area contributed by atoms with Crippen LogP contribution >= 0.6 is 0 Å². The van der Waals surface area contributed by atoms with Crippen molar-refractivity contribution in [3.05, 3.63) is 60.2 Å². The van der Waals surface area contributed by atoms with Gasteiger partial charge >= 0.3 is 6.18 Å². The largest absolute Gasteiger partial charge is 0.494 e. The highest BCUT2D eigenvalue weighted by atomic mass is 19.4. The summed E-state index contributed by atoms with van der Waals surface area (Å²) in [5, 5.41) is 2.76. The molecule has 7 heteroatoms. The Bertz CT molecular complexity index is 673. The third-order valence-electron chi connectivity index (χ3n) is 3.38. The number of rotatable bonds is 9. The molecular weight excluding hydrogens is 347 g/mol. The minimum Gasteiger partial charge on any atom is -0.494 e. The van der Waals surface area contributed by atoms with Gasteiger partial charge in [0.25, 0.3) is 0 Å². The van der Waals surface area contributed by atoms with Crippen LogP contribution < -0.4 is 14.8 Å². The number of para-hydroxylation sites is 1. The highest BCUT2D eigenvalue weighted by Gasteiger charge is 2.28. The quantitative estimate of drug-likeness (QED) is 0.679. The fraction of sp³-hybridized carbons (Fsp3) is 0.316. The van der Waals surface area contributed by atoms with E-state index in [0.717, 1.165) is 11.3 Å². The Labute approximate surface area is 149 Å². The molecule has 1 N–H and O–H groups in total. The number of nitrogens with one attached hydrogen (secondary N) is 1. The molecule has 0 radical (unpaired) electrons. The second-order valence-corrected chi connectivity index (χ2v) is 5.59. The molecule has 0 saturated heterocycles. The van der Waals surface area contributed by atoms with Crippen molar-refractivity contribution in [2.24, 2.45) is 0 Å². The predicted molar refractivity (Wildman–Crippen MR) is 91.0 cm³/mol. The summed E-state index contributed by atoms with van der Waals surface area (Å²) in [5.74, 6) is 0.787. The molecular formula is C19H20F3NO3. The number of amides is 1. The van der Waals surface area contributed by atoms with Crippen LogP contribution in [-0.2, 0) is 11.3 Å². The Hall–Kier alpha value is -2.70. The average Bonchev–Trinajstić information content (AvgIpc) is 2.63. The topological polar surface area (TPSA) is 47.6 Å². The summed E-state index contributed by atoms with van der Waals surface area (Å²) in [6.07, 6.45) is -3.44. The van der Waals surface area contributed by atoms with E-state index in [0.29, 0.717) is 26.0 Å². The van der Waals surface area contributed by atoms with Gasteiger partial charge in [-0.25, -0.2) is 0 Å². The summed E-state index contributed by atoms with van der Waals surface area (Å²) in [4.78, 5) is 11.8. The van der Waals surface area contributed by atoms with Crippen LogP contribution in [0.25, 0.3) is 0 Å². The normalized spacial score (nSPS) is 11.0. The summed E-state index contributed by atoms with van der Waals surface area (Å²) in [7, 11) is 0. The van der Waals surface area contributed by atoms with Crippen molar-refractivity contribution in [2.75, 3.05) is 13.2 Å². The number of carbonyl (C=O) groups excluding carboxylic acids is 1. The minimum atomic E-state index is -4.36. The van der Waals surface area contributed by atoms with Gasteiger partial charge in [-0.3, -0.25) is 4.79 Å². The number of ether oxygens (including phenoxy) is 2. The molecule has 0 aromatic heterocycles. The zero-order valence-corrected chi connectivity index (χ0v) is 14.1. The van der Waals surface area contributed by atoms with E-state index in [9.17, 15) is 18.0 Å². The predicted octanol–water partition coefficient (Wildman–Crippen LogP) is 4.10. The number of halogens is 3. The molecule has 0 heterocycles. The van der Waals surface area contributed by atoms with Crippen molar-refractivity contribution < 1.29 is 27.4 Å². The number of benzene rings is 2. The van der Waals surface area contributed by atoms with E-state index in [1.165, 1.54) is 12.1 Å². The first-order valence-corrected chi connectivity index (χ1v) is 8.15. The highest BCUT2D eigenvalue weighted by molar-refractivity contribution is 5.75. The summed E-state index contributed by atoms with van der Waals surface area (Å²) in [6.45, 7) is -0.575. The number of hydrogen-bond acceptors (Lipinski definition) is 3. The van der Waals surface area contributed by atoms with Crippen LogP contribution in [0.3, 0.4) is 0 Å². The lowest BCUT2D eigenvalue weighted by molar-refractivity contribution is -0.153. The first-order valence-electron chi connectivity index (χ1n) is 8.15. The van der Waals surface area contributed by atoms with Crippen LogP contribution in [0.5, 0.6) is 11.5 Å². The molecule has 0 fully saturated rings. The van der Waals surface area contributed by atoms with Gasteiger partial charge in [0.15, 0.2) is 6.61 Å². The minimum absolute atomic E-state index is 0.112. The maximum atomic E-state index is 12.1. The van der Waals surface area contributed by atoms with Crippen LogP contribution in [-0.4, -0.2) is 25.3 Å². The number of hydrogen-bond donors (Lipinski definition) is 1. The Morgan fingerprint density at radius 3 is 2.23 bits per heavy atom. The molecule has 0 unspecified atom stereocenters. The standard InChI is InChI=1S/C19H20F3NO3/c20-19(21,22)14-26-17-10-8-15(9-11-17)13-23-18(24)7-4-12-25-16-5-2-1-3-6-16/h1-3,5-6,8-11H,4,7,12-14H2,(H,23,24). The van der Waals surface area contributed by atoms with Gasteiger partial charge in [0.2, 0.25) is 5.91 Å². The van der Waals surface area contributed by atoms with Gasteiger partial charge in [0, 0.05) is 13.0 Å². The maximum Gasteiger partial charge on any atom is 0.422 e. The third kappa shape index (κ3) is 7.92. The van der Waals surface area contributed by atoms with Crippen molar-refractivity contribution in [2.45, 2.75) is 25.6 Å². The van der Waals surface area contributed by atoms with Crippen LogP contribution in [0.4, 0.5) is 13.2 Å². The lowest BCUT2D eigenvalue weighted by atomic mass is 10.2. The number of alkyl halides is 3. The third-order valence-corrected chi connectivity index (χ3v) is 3.38. The van der Waals surface area contributed by atoms with Gasteiger partial charge in [-0.1, -0.05) is 30.3 Å².